The van der Waals surface area contributed by atoms with E-state index in [0.29, 0.717) is 18.8 Å². The Morgan fingerprint density at radius 1 is 1.33 bits per heavy atom. The second kappa shape index (κ2) is 7.98. The first-order valence-electron chi connectivity index (χ1n) is 6.94. The number of benzene rings is 1. The van der Waals surface area contributed by atoms with Gasteiger partial charge in [-0.2, -0.15) is 4.31 Å². The van der Waals surface area contributed by atoms with Gasteiger partial charge in [0.05, 0.1) is 22.2 Å². The van der Waals surface area contributed by atoms with E-state index in [0.717, 1.165) is 12.8 Å². The number of ether oxygens (including phenoxy) is 1. The third kappa shape index (κ3) is 4.32. The van der Waals surface area contributed by atoms with E-state index < -0.39 is 10.0 Å². The van der Waals surface area contributed by atoms with Gasteiger partial charge in [0.2, 0.25) is 10.0 Å². The predicted molar refractivity (Wildman–Crippen MR) is 86.0 cm³/mol. The van der Waals surface area contributed by atoms with Crippen LogP contribution < -0.4 is 5.73 Å². The molecule has 0 aliphatic carbocycles. The Balaban J connectivity index is 3.21. The normalized spacial score (nSPS) is 12.3. The van der Waals surface area contributed by atoms with E-state index in [-0.39, 0.29) is 16.0 Å². The highest BCUT2D eigenvalue weighted by atomic mass is 35.5. The minimum absolute atomic E-state index is 0.0681. The fourth-order valence-electron chi connectivity index (χ4n) is 2.18. The Morgan fingerprint density at radius 3 is 2.43 bits per heavy atom. The van der Waals surface area contributed by atoms with Gasteiger partial charge in [0, 0.05) is 19.7 Å². The van der Waals surface area contributed by atoms with E-state index in [9.17, 15) is 8.42 Å². The molecule has 0 unspecified atom stereocenters. The monoisotopic (exact) mass is 334 g/mol. The van der Waals surface area contributed by atoms with Gasteiger partial charge in [0.1, 0.15) is 0 Å². The molecule has 0 saturated carbocycles. The minimum Gasteiger partial charge on any atom is -0.398 e. The van der Waals surface area contributed by atoms with E-state index >= 15 is 0 Å². The first kappa shape index (κ1) is 18.2. The lowest BCUT2D eigenvalue weighted by Crippen LogP contribution is -2.41. The summed E-state index contributed by atoms with van der Waals surface area (Å²) < 4.78 is 32.2. The summed E-state index contributed by atoms with van der Waals surface area (Å²) in [5, 5.41) is 0.243. The van der Waals surface area contributed by atoms with Gasteiger partial charge in [0.25, 0.3) is 0 Å². The number of anilines is 1. The fraction of sp³-hybridized carbons (Fsp3) is 0.571. The van der Waals surface area contributed by atoms with Gasteiger partial charge in [-0.15, -0.1) is 0 Å². The Hall–Kier alpha value is -0.820. The molecule has 0 fully saturated rings. The van der Waals surface area contributed by atoms with Crippen molar-refractivity contribution in [2.45, 2.75) is 37.6 Å². The molecule has 1 aromatic carbocycles. The Morgan fingerprint density at radius 2 is 1.95 bits per heavy atom. The SMILES string of the molecule is CCC(CC)N(CCOC)S(=O)(=O)c1ccc(N)c(Cl)c1. The molecule has 0 bridgehead atoms. The van der Waals surface area contributed by atoms with Crippen LogP contribution in [0.2, 0.25) is 5.02 Å². The molecule has 1 rings (SSSR count). The van der Waals surface area contributed by atoms with Gasteiger partial charge in [-0.3, -0.25) is 0 Å². The lowest BCUT2D eigenvalue weighted by Gasteiger charge is -2.29. The van der Waals surface area contributed by atoms with Crippen molar-refractivity contribution in [2.24, 2.45) is 0 Å². The number of nitrogens with zero attached hydrogens (tertiary/aromatic N) is 1. The number of hydrogen-bond acceptors (Lipinski definition) is 4. The van der Waals surface area contributed by atoms with Crippen LogP contribution in [-0.2, 0) is 14.8 Å². The molecule has 0 aromatic heterocycles. The summed E-state index contributed by atoms with van der Waals surface area (Å²) >= 11 is 5.94. The molecule has 0 spiro atoms. The third-order valence-electron chi connectivity index (χ3n) is 3.44. The van der Waals surface area contributed by atoms with Crippen LogP contribution in [0.15, 0.2) is 23.1 Å². The lowest BCUT2D eigenvalue weighted by atomic mass is 10.2. The molecule has 0 aliphatic heterocycles. The zero-order valence-corrected chi connectivity index (χ0v) is 14.2. The van der Waals surface area contributed by atoms with Crippen LogP contribution in [0.5, 0.6) is 0 Å². The van der Waals surface area contributed by atoms with Gasteiger partial charge in [0.15, 0.2) is 0 Å². The van der Waals surface area contributed by atoms with E-state index in [2.05, 4.69) is 0 Å². The van der Waals surface area contributed by atoms with Crippen LogP contribution in [0.4, 0.5) is 5.69 Å². The largest absolute Gasteiger partial charge is 0.398 e. The maximum atomic E-state index is 12.8. The van der Waals surface area contributed by atoms with Crippen molar-refractivity contribution in [1.82, 2.24) is 4.31 Å². The molecule has 0 atom stereocenters. The molecule has 1 aromatic rings. The third-order valence-corrected chi connectivity index (χ3v) is 5.72. The molecular formula is C14H23ClN2O3S. The summed E-state index contributed by atoms with van der Waals surface area (Å²) in [4.78, 5) is 0.157. The number of methoxy groups -OCH3 is 1. The highest BCUT2D eigenvalue weighted by Gasteiger charge is 2.29. The topological polar surface area (TPSA) is 72.6 Å². The molecule has 0 aliphatic rings. The zero-order chi connectivity index (χ0) is 16.0. The van der Waals surface area contributed by atoms with Crippen LogP contribution in [0.25, 0.3) is 0 Å². The number of hydrogen-bond donors (Lipinski definition) is 1. The number of rotatable bonds is 8. The number of nitrogens with two attached hydrogens (primary N) is 1. The predicted octanol–water partition coefficient (Wildman–Crippen LogP) is 2.75. The van der Waals surface area contributed by atoms with Crippen LogP contribution in [0.3, 0.4) is 0 Å². The standard InChI is InChI=1S/C14H23ClN2O3S/c1-4-11(5-2)17(8-9-20-3)21(18,19)12-6-7-14(16)13(15)10-12/h6-7,10-11H,4-5,8-9,16H2,1-3H3. The molecule has 21 heavy (non-hydrogen) atoms. The summed E-state index contributed by atoms with van der Waals surface area (Å²) in [7, 11) is -2.07. The van der Waals surface area contributed by atoms with E-state index in [1.54, 1.807) is 7.11 Å². The number of halogens is 1. The smallest absolute Gasteiger partial charge is 0.243 e. The van der Waals surface area contributed by atoms with E-state index in [1.807, 2.05) is 13.8 Å². The van der Waals surface area contributed by atoms with Crippen molar-refractivity contribution in [3.05, 3.63) is 23.2 Å². The number of nitrogen functional groups attached to an aromatic ring is 1. The average Bonchev–Trinajstić information content (AvgIpc) is 2.46. The molecule has 0 heterocycles. The van der Waals surface area contributed by atoms with Crippen LogP contribution in [0, 0.1) is 0 Å². The average molecular weight is 335 g/mol. The van der Waals surface area contributed by atoms with Gasteiger partial charge in [-0.1, -0.05) is 25.4 Å². The van der Waals surface area contributed by atoms with E-state index in [4.69, 9.17) is 22.1 Å². The van der Waals surface area contributed by atoms with Crippen molar-refractivity contribution >= 4 is 27.3 Å². The molecule has 0 saturated heterocycles. The summed E-state index contributed by atoms with van der Waals surface area (Å²) in [6.45, 7) is 4.60. The van der Waals surface area contributed by atoms with Gasteiger partial charge >= 0.3 is 0 Å². The second-order valence-corrected chi connectivity index (χ2v) is 7.06. The zero-order valence-electron chi connectivity index (χ0n) is 12.7. The Labute approximate surface area is 132 Å². The summed E-state index contributed by atoms with van der Waals surface area (Å²) in [6.07, 6.45) is 1.48. The minimum atomic E-state index is -3.62. The first-order chi connectivity index (χ1) is 9.88. The lowest BCUT2D eigenvalue weighted by molar-refractivity contribution is 0.163. The van der Waals surface area contributed by atoms with Crippen molar-refractivity contribution < 1.29 is 13.2 Å². The summed E-state index contributed by atoms with van der Waals surface area (Å²) in [6, 6.07) is 4.32. The quantitative estimate of drug-likeness (QED) is 0.742. The maximum Gasteiger partial charge on any atom is 0.243 e. The molecule has 0 amide bonds. The maximum absolute atomic E-state index is 12.8. The highest BCUT2D eigenvalue weighted by Crippen LogP contribution is 2.26. The Bertz CT molecular complexity index is 559. The van der Waals surface area contributed by atoms with Crippen molar-refractivity contribution in [1.29, 1.82) is 0 Å². The van der Waals surface area contributed by atoms with Gasteiger partial charge in [-0.25, -0.2) is 8.42 Å². The second-order valence-electron chi connectivity index (χ2n) is 4.76. The Kier molecular flexibility index (Phi) is 6.93. The molecule has 7 heteroatoms. The van der Waals surface area contributed by atoms with Crippen molar-refractivity contribution in [2.75, 3.05) is 26.0 Å². The molecular weight excluding hydrogens is 312 g/mol. The van der Waals surface area contributed by atoms with Gasteiger partial charge < -0.3 is 10.5 Å². The van der Waals surface area contributed by atoms with Gasteiger partial charge in [-0.05, 0) is 31.0 Å². The molecule has 2 N–H and O–H groups in total. The van der Waals surface area contributed by atoms with Crippen molar-refractivity contribution in [3.63, 3.8) is 0 Å². The number of sulfonamides is 1. The highest BCUT2D eigenvalue weighted by molar-refractivity contribution is 7.89. The molecule has 5 nitrogen and oxygen atoms in total. The van der Waals surface area contributed by atoms with E-state index in [1.165, 1.54) is 22.5 Å². The van der Waals surface area contributed by atoms with Crippen LogP contribution >= 0.6 is 11.6 Å². The molecule has 0 radical (unpaired) electrons. The van der Waals surface area contributed by atoms with Crippen molar-refractivity contribution in [3.8, 4) is 0 Å². The first-order valence-corrected chi connectivity index (χ1v) is 8.76. The van der Waals surface area contributed by atoms with Crippen LogP contribution in [0.1, 0.15) is 26.7 Å². The fourth-order valence-corrected chi connectivity index (χ4v) is 4.21. The molecule has 120 valence electrons. The van der Waals surface area contributed by atoms with Crippen LogP contribution in [-0.4, -0.2) is 39.0 Å². The summed E-state index contributed by atoms with van der Waals surface area (Å²) in [5.74, 6) is 0. The summed E-state index contributed by atoms with van der Waals surface area (Å²) in [5.41, 5.74) is 6.00.